The predicted molar refractivity (Wildman–Crippen MR) is 67.8 cm³/mol. The van der Waals surface area contributed by atoms with E-state index in [2.05, 4.69) is 0 Å². The predicted octanol–water partition coefficient (Wildman–Crippen LogP) is 3.15. The van der Waals surface area contributed by atoms with Crippen molar-refractivity contribution in [2.24, 2.45) is 0 Å². The van der Waals surface area contributed by atoms with Crippen LogP contribution in [0.15, 0.2) is 24.3 Å². The highest BCUT2D eigenvalue weighted by atomic mass is 35.5. The molecule has 16 heavy (non-hydrogen) atoms. The van der Waals surface area contributed by atoms with Gasteiger partial charge >= 0.3 is 0 Å². The number of carbonyl (C=O) groups excluding carboxylic acids is 1. The van der Waals surface area contributed by atoms with Gasteiger partial charge in [-0.2, -0.15) is 0 Å². The Hall–Kier alpha value is -0.730. The Kier molecular flexibility index (Phi) is 5.10. The standard InChI is InChI=1S/C12H15Cl2NO/c1-3-15(12(16)11(13)14)8-10-6-4-9(2)5-7-10/h4-7,11H,3,8H2,1-2H3. The van der Waals surface area contributed by atoms with Crippen molar-refractivity contribution >= 4 is 29.1 Å². The summed E-state index contributed by atoms with van der Waals surface area (Å²) in [6, 6.07) is 8.05. The van der Waals surface area contributed by atoms with E-state index >= 15 is 0 Å². The largest absolute Gasteiger partial charge is 0.336 e. The fraction of sp³-hybridized carbons (Fsp3) is 0.417. The molecule has 0 unspecified atom stereocenters. The second kappa shape index (κ2) is 6.12. The summed E-state index contributed by atoms with van der Waals surface area (Å²) in [5, 5.41) is 0. The van der Waals surface area contributed by atoms with Crippen molar-refractivity contribution in [1.29, 1.82) is 0 Å². The lowest BCUT2D eigenvalue weighted by atomic mass is 10.1. The molecule has 0 spiro atoms. The van der Waals surface area contributed by atoms with E-state index in [1.54, 1.807) is 4.90 Å². The monoisotopic (exact) mass is 259 g/mol. The minimum atomic E-state index is -0.981. The fourth-order valence-corrected chi connectivity index (χ4v) is 1.67. The number of carbonyl (C=O) groups is 1. The summed E-state index contributed by atoms with van der Waals surface area (Å²) in [6.45, 7) is 5.08. The molecule has 0 aromatic heterocycles. The molecule has 0 heterocycles. The van der Waals surface area contributed by atoms with Crippen LogP contribution >= 0.6 is 23.2 Å². The van der Waals surface area contributed by atoms with Crippen molar-refractivity contribution in [1.82, 2.24) is 4.90 Å². The summed E-state index contributed by atoms with van der Waals surface area (Å²) in [5.41, 5.74) is 2.28. The van der Waals surface area contributed by atoms with E-state index < -0.39 is 4.84 Å². The zero-order valence-corrected chi connectivity index (χ0v) is 10.9. The zero-order chi connectivity index (χ0) is 12.1. The number of alkyl halides is 2. The van der Waals surface area contributed by atoms with Gasteiger partial charge in [0.1, 0.15) is 0 Å². The van der Waals surface area contributed by atoms with Crippen LogP contribution < -0.4 is 0 Å². The van der Waals surface area contributed by atoms with E-state index in [4.69, 9.17) is 23.2 Å². The normalized spacial score (nSPS) is 10.6. The van der Waals surface area contributed by atoms with Crippen molar-refractivity contribution in [2.45, 2.75) is 25.2 Å². The summed E-state index contributed by atoms with van der Waals surface area (Å²) in [7, 11) is 0. The van der Waals surface area contributed by atoms with E-state index in [1.165, 1.54) is 5.56 Å². The number of hydrogen-bond acceptors (Lipinski definition) is 1. The topological polar surface area (TPSA) is 20.3 Å². The summed E-state index contributed by atoms with van der Waals surface area (Å²) in [5.74, 6) is -0.244. The third-order valence-electron chi connectivity index (χ3n) is 2.37. The molecule has 0 aliphatic rings. The van der Waals surface area contributed by atoms with Crippen LogP contribution in [0.5, 0.6) is 0 Å². The van der Waals surface area contributed by atoms with Gasteiger partial charge in [0, 0.05) is 13.1 Å². The first-order valence-electron chi connectivity index (χ1n) is 5.17. The molecule has 0 fully saturated rings. The molecule has 1 amide bonds. The lowest BCUT2D eigenvalue weighted by Crippen LogP contribution is -2.34. The summed E-state index contributed by atoms with van der Waals surface area (Å²) in [6.07, 6.45) is 0. The molecular weight excluding hydrogens is 245 g/mol. The Morgan fingerprint density at radius 3 is 2.31 bits per heavy atom. The lowest BCUT2D eigenvalue weighted by molar-refractivity contribution is -0.129. The highest BCUT2D eigenvalue weighted by Gasteiger charge is 2.18. The molecule has 1 aromatic rings. The van der Waals surface area contributed by atoms with Crippen LogP contribution in [-0.4, -0.2) is 22.2 Å². The van der Waals surface area contributed by atoms with Crippen molar-refractivity contribution in [3.63, 3.8) is 0 Å². The summed E-state index contributed by atoms with van der Waals surface area (Å²) in [4.78, 5) is 12.3. The first-order valence-corrected chi connectivity index (χ1v) is 6.04. The zero-order valence-electron chi connectivity index (χ0n) is 9.41. The van der Waals surface area contributed by atoms with Gasteiger partial charge < -0.3 is 4.90 Å². The number of rotatable bonds is 4. The van der Waals surface area contributed by atoms with E-state index in [0.717, 1.165) is 5.56 Å². The molecule has 0 aliphatic carbocycles. The lowest BCUT2D eigenvalue weighted by Gasteiger charge is -2.21. The number of hydrogen-bond donors (Lipinski definition) is 0. The Bertz CT molecular complexity index is 349. The molecule has 4 heteroatoms. The van der Waals surface area contributed by atoms with Gasteiger partial charge in [-0.15, -0.1) is 0 Å². The van der Waals surface area contributed by atoms with Crippen LogP contribution in [-0.2, 0) is 11.3 Å². The number of halogens is 2. The van der Waals surface area contributed by atoms with Crippen molar-refractivity contribution < 1.29 is 4.79 Å². The fourth-order valence-electron chi connectivity index (χ4n) is 1.40. The van der Waals surface area contributed by atoms with E-state index in [-0.39, 0.29) is 5.91 Å². The minimum Gasteiger partial charge on any atom is -0.336 e. The third kappa shape index (κ3) is 3.69. The van der Waals surface area contributed by atoms with Crippen LogP contribution in [0.3, 0.4) is 0 Å². The van der Waals surface area contributed by atoms with Crippen LogP contribution in [0.4, 0.5) is 0 Å². The van der Waals surface area contributed by atoms with Gasteiger partial charge in [-0.1, -0.05) is 53.0 Å². The molecule has 0 atom stereocenters. The van der Waals surface area contributed by atoms with Gasteiger partial charge in [-0.25, -0.2) is 0 Å². The van der Waals surface area contributed by atoms with E-state index in [0.29, 0.717) is 13.1 Å². The molecule has 2 nitrogen and oxygen atoms in total. The summed E-state index contributed by atoms with van der Waals surface area (Å²) < 4.78 is 0. The molecule has 0 aliphatic heterocycles. The molecule has 0 bridgehead atoms. The SMILES string of the molecule is CCN(Cc1ccc(C)cc1)C(=O)C(Cl)Cl. The Balaban J connectivity index is 2.70. The maximum absolute atomic E-state index is 11.6. The Labute approximate surface area is 106 Å². The average molecular weight is 260 g/mol. The smallest absolute Gasteiger partial charge is 0.256 e. The highest BCUT2D eigenvalue weighted by molar-refractivity contribution is 6.53. The molecule has 1 rings (SSSR count). The quantitative estimate of drug-likeness (QED) is 0.761. The Morgan fingerprint density at radius 1 is 1.31 bits per heavy atom. The molecule has 0 saturated heterocycles. The van der Waals surface area contributed by atoms with Crippen LogP contribution in [0.2, 0.25) is 0 Å². The van der Waals surface area contributed by atoms with Gasteiger partial charge in [0.05, 0.1) is 0 Å². The third-order valence-corrected chi connectivity index (χ3v) is 2.75. The van der Waals surface area contributed by atoms with Crippen molar-refractivity contribution in [3.05, 3.63) is 35.4 Å². The van der Waals surface area contributed by atoms with E-state index in [9.17, 15) is 4.79 Å². The second-order valence-corrected chi connectivity index (χ2v) is 4.73. The molecule has 0 saturated carbocycles. The van der Waals surface area contributed by atoms with Gasteiger partial charge in [0.2, 0.25) is 0 Å². The molecule has 1 aromatic carbocycles. The number of nitrogens with zero attached hydrogens (tertiary/aromatic N) is 1. The highest BCUT2D eigenvalue weighted by Crippen LogP contribution is 2.11. The second-order valence-electron chi connectivity index (χ2n) is 3.64. The number of amides is 1. The van der Waals surface area contributed by atoms with Crippen LogP contribution in [0.25, 0.3) is 0 Å². The average Bonchev–Trinajstić information content (AvgIpc) is 2.27. The minimum absolute atomic E-state index is 0.244. The first kappa shape index (κ1) is 13.3. The Morgan fingerprint density at radius 2 is 1.88 bits per heavy atom. The maximum atomic E-state index is 11.6. The van der Waals surface area contributed by atoms with Crippen LogP contribution in [0.1, 0.15) is 18.1 Å². The van der Waals surface area contributed by atoms with Crippen molar-refractivity contribution in [2.75, 3.05) is 6.54 Å². The summed E-state index contributed by atoms with van der Waals surface area (Å²) >= 11 is 11.1. The molecule has 0 radical (unpaired) electrons. The number of aryl methyl sites for hydroxylation is 1. The van der Waals surface area contributed by atoms with Gasteiger partial charge in [0.15, 0.2) is 4.84 Å². The van der Waals surface area contributed by atoms with Crippen LogP contribution in [0, 0.1) is 6.92 Å². The molecular formula is C12H15Cl2NO. The molecule has 0 N–H and O–H groups in total. The van der Waals surface area contributed by atoms with Gasteiger partial charge in [-0.3, -0.25) is 4.79 Å². The van der Waals surface area contributed by atoms with Gasteiger partial charge in [-0.05, 0) is 19.4 Å². The van der Waals surface area contributed by atoms with E-state index in [1.807, 2.05) is 38.1 Å². The number of benzene rings is 1. The van der Waals surface area contributed by atoms with Gasteiger partial charge in [0.25, 0.3) is 5.91 Å². The maximum Gasteiger partial charge on any atom is 0.256 e. The van der Waals surface area contributed by atoms with Crippen molar-refractivity contribution in [3.8, 4) is 0 Å². The molecule has 88 valence electrons. The first-order chi connectivity index (χ1) is 7.54.